The zero-order valence-electron chi connectivity index (χ0n) is 18.7. The maximum absolute atomic E-state index is 14.3. The average molecular weight is 408 g/mol. The van der Waals surface area contributed by atoms with Crippen molar-refractivity contribution < 1.29 is 14.3 Å². The largest absolute Gasteiger partial charge is 0.478 e. The number of carbonyl (C=O) groups is 1. The van der Waals surface area contributed by atoms with Crippen molar-refractivity contribution in [1.82, 2.24) is 0 Å². The van der Waals surface area contributed by atoms with E-state index in [2.05, 4.69) is 12.2 Å². The summed E-state index contributed by atoms with van der Waals surface area (Å²) in [5.74, 6) is -1.82. The number of benzene rings is 1. The van der Waals surface area contributed by atoms with Crippen LogP contribution in [-0.4, -0.2) is 17.6 Å². The summed E-state index contributed by atoms with van der Waals surface area (Å²) in [6.45, 7) is 4.92. The third-order valence-electron chi connectivity index (χ3n) is 5.67. The second kappa shape index (κ2) is 16.2. The molecule has 1 aromatic carbocycles. The molecule has 0 aliphatic rings. The number of anilines is 1. The van der Waals surface area contributed by atoms with Gasteiger partial charge in [0.25, 0.3) is 0 Å². The van der Waals surface area contributed by atoms with Crippen molar-refractivity contribution in [3.05, 3.63) is 29.1 Å². The summed E-state index contributed by atoms with van der Waals surface area (Å²) in [7, 11) is 0. The van der Waals surface area contributed by atoms with Crippen molar-refractivity contribution in [3.8, 4) is 0 Å². The van der Waals surface area contributed by atoms with E-state index in [1.165, 1.54) is 89.5 Å². The highest BCUT2D eigenvalue weighted by Crippen LogP contribution is 2.23. The van der Waals surface area contributed by atoms with Crippen LogP contribution in [0.15, 0.2) is 12.1 Å². The zero-order chi connectivity index (χ0) is 21.3. The quantitative estimate of drug-likeness (QED) is 0.242. The molecule has 4 heteroatoms. The van der Waals surface area contributed by atoms with Crippen molar-refractivity contribution in [3.63, 3.8) is 0 Å². The Bertz CT molecular complexity index is 574. The van der Waals surface area contributed by atoms with Crippen molar-refractivity contribution in [2.75, 3.05) is 11.9 Å². The highest BCUT2D eigenvalue weighted by molar-refractivity contribution is 5.89. The molecule has 0 heterocycles. The smallest absolute Gasteiger partial charge is 0.338 e. The number of nitrogens with one attached hydrogen (secondary N) is 1. The summed E-state index contributed by atoms with van der Waals surface area (Å²) in [5, 5.41) is 12.3. The number of hydrogen-bond donors (Lipinski definition) is 2. The fourth-order valence-electron chi connectivity index (χ4n) is 3.84. The highest BCUT2D eigenvalue weighted by atomic mass is 19.1. The first-order valence-electron chi connectivity index (χ1n) is 11.9. The van der Waals surface area contributed by atoms with Crippen LogP contribution in [0.3, 0.4) is 0 Å². The zero-order valence-corrected chi connectivity index (χ0v) is 18.7. The van der Waals surface area contributed by atoms with Gasteiger partial charge in [-0.25, -0.2) is 9.18 Å². The number of carboxylic acid groups (broad SMARTS) is 1. The Kier molecular flexibility index (Phi) is 14.3. The predicted octanol–water partition coefficient (Wildman–Crippen LogP) is 7.98. The molecule has 0 bridgehead atoms. The Hall–Kier alpha value is -1.58. The van der Waals surface area contributed by atoms with Crippen LogP contribution in [0.4, 0.5) is 10.1 Å². The van der Waals surface area contributed by atoms with Gasteiger partial charge in [0.05, 0.1) is 5.56 Å². The second-order valence-corrected chi connectivity index (χ2v) is 8.13. The Morgan fingerprint density at radius 1 is 0.828 bits per heavy atom. The first kappa shape index (κ1) is 25.5. The van der Waals surface area contributed by atoms with Gasteiger partial charge in [0.2, 0.25) is 0 Å². The van der Waals surface area contributed by atoms with E-state index in [0.29, 0.717) is 12.0 Å². The second-order valence-electron chi connectivity index (χ2n) is 8.13. The molecule has 1 rings (SSSR count). The van der Waals surface area contributed by atoms with E-state index < -0.39 is 11.8 Å². The molecule has 0 saturated heterocycles. The molecule has 0 aliphatic carbocycles. The van der Waals surface area contributed by atoms with Crippen LogP contribution in [0.2, 0.25) is 0 Å². The van der Waals surface area contributed by atoms with Crippen molar-refractivity contribution in [2.45, 2.75) is 110 Å². The molecule has 2 N–H and O–H groups in total. The van der Waals surface area contributed by atoms with E-state index in [-0.39, 0.29) is 5.56 Å². The van der Waals surface area contributed by atoms with E-state index in [1.54, 1.807) is 6.07 Å². The normalized spacial score (nSPS) is 11.0. The van der Waals surface area contributed by atoms with Gasteiger partial charge in [-0.15, -0.1) is 0 Å². The predicted molar refractivity (Wildman–Crippen MR) is 122 cm³/mol. The number of aromatic carboxylic acids is 1. The van der Waals surface area contributed by atoms with Gasteiger partial charge in [0.1, 0.15) is 5.82 Å². The van der Waals surface area contributed by atoms with E-state index >= 15 is 0 Å². The number of rotatable bonds is 18. The first-order chi connectivity index (χ1) is 14.1. The first-order valence-corrected chi connectivity index (χ1v) is 11.9. The van der Waals surface area contributed by atoms with Crippen LogP contribution in [0, 0.1) is 5.82 Å². The van der Waals surface area contributed by atoms with E-state index in [0.717, 1.165) is 18.7 Å². The third kappa shape index (κ3) is 10.7. The maximum atomic E-state index is 14.3. The maximum Gasteiger partial charge on any atom is 0.338 e. The Morgan fingerprint density at radius 3 is 1.76 bits per heavy atom. The van der Waals surface area contributed by atoms with E-state index in [9.17, 15) is 9.18 Å². The molecule has 0 aromatic heterocycles. The summed E-state index contributed by atoms with van der Waals surface area (Å²) in [5.41, 5.74) is 0.948. The van der Waals surface area contributed by atoms with Crippen LogP contribution in [0.1, 0.15) is 120 Å². The SMILES string of the molecule is CCCCCCCCCCCCCCCCNc1ccc(C(=O)O)c(F)c1CC. The van der Waals surface area contributed by atoms with Crippen LogP contribution in [-0.2, 0) is 6.42 Å². The molecule has 0 aliphatic heterocycles. The standard InChI is InChI=1S/C25H42FNO2/c1-3-5-6-7-8-9-10-11-12-13-14-15-16-17-20-27-23-19-18-22(25(28)29)24(26)21(23)4-2/h18-19,27H,3-17,20H2,1-2H3,(H,28,29). The van der Waals surface area contributed by atoms with Crippen molar-refractivity contribution >= 4 is 11.7 Å². The molecule has 0 saturated carbocycles. The number of carboxylic acids is 1. The minimum absolute atomic E-state index is 0.246. The lowest BCUT2D eigenvalue weighted by atomic mass is 10.0. The van der Waals surface area contributed by atoms with Gasteiger partial charge in [0, 0.05) is 17.8 Å². The average Bonchev–Trinajstić information content (AvgIpc) is 2.70. The molecule has 29 heavy (non-hydrogen) atoms. The Balaban J connectivity index is 2.04. The third-order valence-corrected chi connectivity index (χ3v) is 5.67. The van der Waals surface area contributed by atoms with Gasteiger partial charge in [0.15, 0.2) is 0 Å². The lowest BCUT2D eigenvalue weighted by Crippen LogP contribution is -2.09. The molecule has 3 nitrogen and oxygen atoms in total. The summed E-state index contributed by atoms with van der Waals surface area (Å²) in [6, 6.07) is 3.04. The minimum atomic E-state index is -1.21. The van der Waals surface area contributed by atoms with Gasteiger partial charge in [-0.2, -0.15) is 0 Å². The van der Waals surface area contributed by atoms with Crippen LogP contribution in [0.25, 0.3) is 0 Å². The summed E-state index contributed by atoms with van der Waals surface area (Å²) >= 11 is 0. The molecule has 0 atom stereocenters. The molecule has 0 radical (unpaired) electrons. The van der Waals surface area contributed by atoms with Gasteiger partial charge < -0.3 is 10.4 Å². The molecule has 166 valence electrons. The van der Waals surface area contributed by atoms with Gasteiger partial charge in [-0.05, 0) is 25.0 Å². The van der Waals surface area contributed by atoms with Gasteiger partial charge in [-0.1, -0.05) is 97.3 Å². The van der Waals surface area contributed by atoms with Crippen LogP contribution >= 0.6 is 0 Å². The van der Waals surface area contributed by atoms with Gasteiger partial charge >= 0.3 is 5.97 Å². The van der Waals surface area contributed by atoms with E-state index in [4.69, 9.17) is 5.11 Å². The van der Waals surface area contributed by atoms with Gasteiger partial charge in [-0.3, -0.25) is 0 Å². The monoisotopic (exact) mass is 407 g/mol. The Labute approximate surface area is 177 Å². The number of halogens is 1. The van der Waals surface area contributed by atoms with Crippen molar-refractivity contribution in [1.29, 1.82) is 0 Å². The number of unbranched alkanes of at least 4 members (excludes halogenated alkanes) is 13. The van der Waals surface area contributed by atoms with Crippen molar-refractivity contribution in [2.24, 2.45) is 0 Å². The molecule has 0 spiro atoms. The fourth-order valence-corrected chi connectivity index (χ4v) is 3.84. The molecular formula is C25H42FNO2. The molecular weight excluding hydrogens is 365 g/mol. The fraction of sp³-hybridized carbons (Fsp3) is 0.720. The lowest BCUT2D eigenvalue weighted by Gasteiger charge is -2.13. The number of hydrogen-bond acceptors (Lipinski definition) is 2. The Morgan fingerprint density at radius 2 is 1.31 bits per heavy atom. The molecule has 0 unspecified atom stereocenters. The van der Waals surface area contributed by atoms with Crippen LogP contribution < -0.4 is 5.32 Å². The topological polar surface area (TPSA) is 49.3 Å². The summed E-state index contributed by atoms with van der Waals surface area (Å²) < 4.78 is 14.3. The minimum Gasteiger partial charge on any atom is -0.478 e. The van der Waals surface area contributed by atoms with E-state index in [1.807, 2.05) is 6.92 Å². The molecule has 0 fully saturated rings. The summed E-state index contributed by atoms with van der Waals surface area (Å²) in [6.07, 6.45) is 19.1. The highest BCUT2D eigenvalue weighted by Gasteiger charge is 2.16. The van der Waals surface area contributed by atoms with Crippen LogP contribution in [0.5, 0.6) is 0 Å². The molecule has 1 aromatic rings. The molecule has 0 amide bonds. The lowest BCUT2D eigenvalue weighted by molar-refractivity contribution is 0.0691. The summed E-state index contributed by atoms with van der Waals surface area (Å²) in [4.78, 5) is 11.0.